The molecule has 1 atom stereocenters. The van der Waals surface area contributed by atoms with Gasteiger partial charge >= 0.3 is 0 Å². The third-order valence-corrected chi connectivity index (χ3v) is 7.11. The lowest BCUT2D eigenvalue weighted by molar-refractivity contribution is 0.391. The Morgan fingerprint density at radius 3 is 2.48 bits per heavy atom. The smallest absolute Gasteiger partial charge is 0.243 e. The molecule has 1 fully saturated rings. The molecule has 0 aliphatic carbocycles. The first-order valence-electron chi connectivity index (χ1n) is 9.02. The quantitative estimate of drug-likeness (QED) is 0.671. The molecule has 3 aromatic rings. The van der Waals surface area contributed by atoms with Crippen molar-refractivity contribution in [1.29, 1.82) is 0 Å². The van der Waals surface area contributed by atoms with E-state index in [0.29, 0.717) is 35.7 Å². The van der Waals surface area contributed by atoms with Crippen LogP contribution in [0.1, 0.15) is 24.6 Å². The van der Waals surface area contributed by atoms with Gasteiger partial charge in [0, 0.05) is 23.3 Å². The SMILES string of the molecule is Nc1ncc(-c2ccc(Cl)cc2)c(C2CCCN2S(=O)(=O)c2ccc(F)cc2)n1. The van der Waals surface area contributed by atoms with Gasteiger partial charge in [0.15, 0.2) is 0 Å². The number of nitrogen functional groups attached to an aromatic ring is 1. The normalized spacial score (nSPS) is 17.5. The van der Waals surface area contributed by atoms with Crippen molar-refractivity contribution in [2.45, 2.75) is 23.8 Å². The molecule has 2 N–H and O–H groups in total. The van der Waals surface area contributed by atoms with Crippen LogP contribution in [-0.4, -0.2) is 29.2 Å². The predicted molar refractivity (Wildman–Crippen MR) is 109 cm³/mol. The molecule has 0 amide bonds. The van der Waals surface area contributed by atoms with Crippen LogP contribution in [0.25, 0.3) is 11.1 Å². The second-order valence-corrected chi connectivity index (χ2v) is 9.09. The average molecular weight is 433 g/mol. The lowest BCUT2D eigenvalue weighted by Gasteiger charge is -2.25. The molecule has 2 aromatic carbocycles. The monoisotopic (exact) mass is 432 g/mol. The molecular formula is C20H18ClFN4O2S. The number of hydrogen-bond acceptors (Lipinski definition) is 5. The van der Waals surface area contributed by atoms with Gasteiger partial charge in [0.1, 0.15) is 5.82 Å². The minimum absolute atomic E-state index is 0.0425. The number of nitrogens with two attached hydrogens (primary N) is 1. The van der Waals surface area contributed by atoms with E-state index in [-0.39, 0.29) is 10.8 Å². The highest BCUT2D eigenvalue weighted by Gasteiger charge is 2.38. The van der Waals surface area contributed by atoms with Crippen molar-refractivity contribution in [1.82, 2.24) is 14.3 Å². The molecule has 6 nitrogen and oxygen atoms in total. The number of rotatable bonds is 4. The van der Waals surface area contributed by atoms with Gasteiger partial charge in [-0.05, 0) is 54.8 Å². The topological polar surface area (TPSA) is 89.2 Å². The summed E-state index contributed by atoms with van der Waals surface area (Å²) in [5, 5.41) is 0.591. The molecule has 150 valence electrons. The summed E-state index contributed by atoms with van der Waals surface area (Å²) in [6.45, 7) is 0.342. The van der Waals surface area contributed by atoms with Crippen molar-refractivity contribution in [2.24, 2.45) is 0 Å². The second kappa shape index (κ2) is 7.70. The van der Waals surface area contributed by atoms with Crippen LogP contribution in [0.3, 0.4) is 0 Å². The second-order valence-electron chi connectivity index (χ2n) is 6.76. The van der Waals surface area contributed by atoms with Crippen molar-refractivity contribution >= 4 is 27.6 Å². The molecule has 2 heterocycles. The Bertz CT molecular complexity index is 1140. The molecule has 1 unspecified atom stereocenters. The van der Waals surface area contributed by atoms with Gasteiger partial charge in [0.05, 0.1) is 16.6 Å². The standard InChI is InChI=1S/C20H18ClFN4O2S/c21-14-5-3-13(4-6-14)17-12-24-20(23)25-19(17)18-2-1-11-26(18)29(27,28)16-9-7-15(22)8-10-16/h3-10,12,18H,1-2,11H2,(H2,23,24,25). The molecule has 4 rings (SSSR count). The number of aromatic nitrogens is 2. The van der Waals surface area contributed by atoms with E-state index in [2.05, 4.69) is 9.97 Å². The highest BCUT2D eigenvalue weighted by atomic mass is 35.5. The van der Waals surface area contributed by atoms with Gasteiger partial charge in [-0.2, -0.15) is 4.31 Å². The summed E-state index contributed by atoms with van der Waals surface area (Å²) in [5.41, 5.74) is 7.88. The Balaban J connectivity index is 1.79. The van der Waals surface area contributed by atoms with Gasteiger partial charge in [0.2, 0.25) is 16.0 Å². The maximum Gasteiger partial charge on any atom is 0.243 e. The van der Waals surface area contributed by atoms with Crippen molar-refractivity contribution in [3.63, 3.8) is 0 Å². The summed E-state index contributed by atoms with van der Waals surface area (Å²) in [7, 11) is -3.83. The first kappa shape index (κ1) is 19.8. The van der Waals surface area contributed by atoms with Gasteiger partial charge in [-0.1, -0.05) is 23.7 Å². The fourth-order valence-electron chi connectivity index (χ4n) is 3.56. The highest BCUT2D eigenvalue weighted by molar-refractivity contribution is 7.89. The van der Waals surface area contributed by atoms with Crippen molar-refractivity contribution in [2.75, 3.05) is 12.3 Å². The van der Waals surface area contributed by atoms with E-state index in [1.54, 1.807) is 18.3 Å². The molecular weight excluding hydrogens is 415 g/mol. The largest absolute Gasteiger partial charge is 0.368 e. The first-order chi connectivity index (χ1) is 13.9. The summed E-state index contributed by atoms with van der Waals surface area (Å²) in [6, 6.07) is 11.5. The van der Waals surface area contributed by atoms with E-state index in [1.165, 1.54) is 16.4 Å². The lowest BCUT2D eigenvalue weighted by Crippen LogP contribution is -2.31. The predicted octanol–water partition coefficient (Wildman–Crippen LogP) is 4.04. The van der Waals surface area contributed by atoms with E-state index in [0.717, 1.165) is 17.7 Å². The molecule has 0 saturated carbocycles. The molecule has 0 spiro atoms. The fraction of sp³-hybridized carbons (Fsp3) is 0.200. The van der Waals surface area contributed by atoms with Gasteiger partial charge in [0.25, 0.3) is 0 Å². The van der Waals surface area contributed by atoms with Crippen LogP contribution in [0.4, 0.5) is 10.3 Å². The van der Waals surface area contributed by atoms with Crippen LogP contribution in [0.15, 0.2) is 59.6 Å². The minimum atomic E-state index is -3.83. The number of nitrogens with zero attached hydrogens (tertiary/aromatic N) is 3. The van der Waals surface area contributed by atoms with Crippen molar-refractivity contribution in [3.05, 3.63) is 71.3 Å². The van der Waals surface area contributed by atoms with Crippen LogP contribution >= 0.6 is 11.6 Å². The summed E-state index contributed by atoms with van der Waals surface area (Å²) in [6.07, 6.45) is 2.87. The molecule has 1 saturated heterocycles. The Hall–Kier alpha value is -2.55. The van der Waals surface area contributed by atoms with Crippen LogP contribution in [0.2, 0.25) is 5.02 Å². The lowest BCUT2D eigenvalue weighted by atomic mass is 10.0. The third kappa shape index (κ3) is 3.83. The van der Waals surface area contributed by atoms with Gasteiger partial charge in [-0.25, -0.2) is 22.8 Å². The molecule has 29 heavy (non-hydrogen) atoms. The number of sulfonamides is 1. The first-order valence-corrected chi connectivity index (χ1v) is 10.8. The van der Waals surface area contributed by atoms with E-state index >= 15 is 0 Å². The zero-order chi connectivity index (χ0) is 20.6. The fourth-order valence-corrected chi connectivity index (χ4v) is 5.34. The Morgan fingerprint density at radius 2 is 1.79 bits per heavy atom. The van der Waals surface area contributed by atoms with Crippen LogP contribution in [0.5, 0.6) is 0 Å². The van der Waals surface area contributed by atoms with Crippen molar-refractivity contribution in [3.8, 4) is 11.1 Å². The Morgan fingerprint density at radius 1 is 1.10 bits per heavy atom. The maximum absolute atomic E-state index is 13.3. The van der Waals surface area contributed by atoms with Gasteiger partial charge in [-0.15, -0.1) is 0 Å². The van der Waals surface area contributed by atoms with Crippen LogP contribution < -0.4 is 5.73 Å². The molecule has 1 aromatic heterocycles. The van der Waals surface area contributed by atoms with Crippen molar-refractivity contribution < 1.29 is 12.8 Å². The van der Waals surface area contributed by atoms with E-state index in [4.69, 9.17) is 17.3 Å². The van der Waals surface area contributed by atoms with Gasteiger partial charge in [-0.3, -0.25) is 0 Å². The molecule has 0 radical (unpaired) electrons. The Labute approximate surface area is 173 Å². The minimum Gasteiger partial charge on any atom is -0.368 e. The summed E-state index contributed by atoms with van der Waals surface area (Å²) in [5.74, 6) is -0.417. The number of halogens is 2. The zero-order valence-corrected chi connectivity index (χ0v) is 16.9. The molecule has 1 aliphatic rings. The maximum atomic E-state index is 13.3. The highest BCUT2D eigenvalue weighted by Crippen LogP contribution is 2.40. The number of anilines is 1. The number of benzene rings is 2. The van der Waals surface area contributed by atoms with Gasteiger partial charge < -0.3 is 5.73 Å². The van der Waals surface area contributed by atoms with Crippen LogP contribution in [0, 0.1) is 5.82 Å². The van der Waals surface area contributed by atoms with E-state index < -0.39 is 21.9 Å². The summed E-state index contributed by atoms with van der Waals surface area (Å²) in [4.78, 5) is 8.52. The van der Waals surface area contributed by atoms with Crippen LogP contribution in [-0.2, 0) is 10.0 Å². The average Bonchev–Trinajstić information content (AvgIpc) is 3.20. The molecule has 0 bridgehead atoms. The molecule has 9 heteroatoms. The number of hydrogen-bond donors (Lipinski definition) is 1. The van der Waals surface area contributed by atoms with E-state index in [9.17, 15) is 12.8 Å². The third-order valence-electron chi connectivity index (χ3n) is 4.93. The summed E-state index contributed by atoms with van der Waals surface area (Å²) < 4.78 is 41.1. The Kier molecular flexibility index (Phi) is 5.24. The molecule has 1 aliphatic heterocycles. The zero-order valence-electron chi connectivity index (χ0n) is 15.3. The summed E-state index contributed by atoms with van der Waals surface area (Å²) >= 11 is 5.99. The van der Waals surface area contributed by atoms with E-state index in [1.807, 2.05) is 12.1 Å².